The maximum Gasteiger partial charge on any atom is 0.224 e. The molecule has 0 bridgehead atoms. The van der Waals surface area contributed by atoms with Gasteiger partial charge in [0, 0.05) is 18.3 Å². The van der Waals surface area contributed by atoms with Crippen molar-refractivity contribution in [3.8, 4) is 0 Å². The second kappa shape index (κ2) is 5.97. The molecule has 0 aliphatic carbocycles. The van der Waals surface area contributed by atoms with Gasteiger partial charge in [-0.2, -0.15) is 11.8 Å². The van der Waals surface area contributed by atoms with Crippen molar-refractivity contribution in [2.24, 2.45) is 11.1 Å². The smallest absolute Gasteiger partial charge is 0.224 e. The van der Waals surface area contributed by atoms with Gasteiger partial charge in [-0.15, -0.1) is 0 Å². The van der Waals surface area contributed by atoms with Crippen LogP contribution in [-0.4, -0.2) is 24.0 Å². The normalized spacial score (nSPS) is 19.6. The van der Waals surface area contributed by atoms with Gasteiger partial charge in [0.1, 0.15) is 0 Å². The number of carbonyl (C=O) groups is 1. The zero-order chi connectivity index (χ0) is 13.9. The number of rotatable bonds is 4. The van der Waals surface area contributed by atoms with Gasteiger partial charge in [-0.05, 0) is 37.1 Å². The molecular weight excluding hydrogens is 256 g/mol. The Morgan fingerprint density at radius 1 is 1.47 bits per heavy atom. The van der Waals surface area contributed by atoms with Crippen LogP contribution in [0.25, 0.3) is 0 Å². The molecule has 0 saturated carbocycles. The van der Waals surface area contributed by atoms with Gasteiger partial charge in [0.05, 0.1) is 5.41 Å². The van der Waals surface area contributed by atoms with Gasteiger partial charge in [-0.3, -0.25) is 4.79 Å². The lowest BCUT2D eigenvalue weighted by molar-refractivity contribution is -0.125. The molecule has 0 spiro atoms. The summed E-state index contributed by atoms with van der Waals surface area (Å²) in [6.07, 6.45) is 1.12. The lowest BCUT2D eigenvalue weighted by Crippen LogP contribution is -2.42. The van der Waals surface area contributed by atoms with Gasteiger partial charge < -0.3 is 11.1 Å². The number of primary amides is 1. The van der Waals surface area contributed by atoms with Crippen LogP contribution in [0.3, 0.4) is 0 Å². The Morgan fingerprint density at radius 2 is 2.21 bits per heavy atom. The minimum Gasteiger partial charge on any atom is -0.369 e. The van der Waals surface area contributed by atoms with E-state index in [-0.39, 0.29) is 5.91 Å². The van der Waals surface area contributed by atoms with Crippen LogP contribution >= 0.6 is 11.8 Å². The van der Waals surface area contributed by atoms with Crippen molar-refractivity contribution in [1.29, 1.82) is 0 Å². The monoisotopic (exact) mass is 278 g/mol. The van der Waals surface area contributed by atoms with Crippen molar-refractivity contribution < 1.29 is 4.79 Å². The van der Waals surface area contributed by atoms with Gasteiger partial charge in [0.15, 0.2) is 0 Å². The number of hydrogen-bond acceptors (Lipinski definition) is 3. The fourth-order valence-corrected chi connectivity index (χ4v) is 3.27. The van der Waals surface area contributed by atoms with Crippen molar-refractivity contribution in [3.05, 3.63) is 35.4 Å². The van der Waals surface area contributed by atoms with Crippen molar-refractivity contribution in [2.75, 3.05) is 18.1 Å². The molecule has 1 aliphatic rings. The lowest BCUT2D eigenvalue weighted by Gasteiger charge is -2.26. The first kappa shape index (κ1) is 14.4. The summed E-state index contributed by atoms with van der Waals surface area (Å²) in [5.41, 5.74) is 7.71. The summed E-state index contributed by atoms with van der Waals surface area (Å²) in [7, 11) is 0. The molecule has 0 radical (unpaired) electrons. The molecule has 1 aromatic carbocycles. The third kappa shape index (κ3) is 3.51. The van der Waals surface area contributed by atoms with Crippen molar-refractivity contribution in [3.63, 3.8) is 0 Å². The van der Waals surface area contributed by atoms with Crippen LogP contribution in [0.15, 0.2) is 24.3 Å². The van der Waals surface area contributed by atoms with Crippen LogP contribution in [0, 0.1) is 5.41 Å². The molecule has 1 atom stereocenters. The minimum atomic E-state index is -0.508. The highest BCUT2D eigenvalue weighted by Crippen LogP contribution is 2.28. The molecule has 4 heteroatoms. The summed E-state index contributed by atoms with van der Waals surface area (Å²) < 4.78 is 0. The molecule has 1 heterocycles. The molecule has 0 aromatic heterocycles. The summed E-state index contributed by atoms with van der Waals surface area (Å²) in [5, 5.41) is 3.52. The average molecular weight is 278 g/mol. The van der Waals surface area contributed by atoms with E-state index in [0.29, 0.717) is 12.6 Å². The van der Waals surface area contributed by atoms with Crippen LogP contribution in [0.2, 0.25) is 0 Å². The Balaban J connectivity index is 2.10. The van der Waals surface area contributed by atoms with Gasteiger partial charge in [0.25, 0.3) is 0 Å². The summed E-state index contributed by atoms with van der Waals surface area (Å²) in [6.45, 7) is 4.39. The Labute approximate surface area is 119 Å². The first-order chi connectivity index (χ1) is 9.00. The molecule has 3 nitrogen and oxygen atoms in total. The minimum absolute atomic E-state index is 0.255. The van der Waals surface area contributed by atoms with Crippen LogP contribution in [0.4, 0.5) is 0 Å². The number of thioether (sulfide) groups is 1. The quantitative estimate of drug-likeness (QED) is 0.887. The first-order valence-electron chi connectivity index (χ1n) is 6.69. The van der Waals surface area contributed by atoms with Gasteiger partial charge in [0.2, 0.25) is 5.91 Å². The summed E-state index contributed by atoms with van der Waals surface area (Å²) in [6, 6.07) is 8.88. The standard InChI is InChI=1S/C15H22N2OS/c1-15(2,14(16)18)10-17-13-9-19-8-7-11-5-3-4-6-12(11)13/h3-6,13,17H,7-10H2,1-2H3,(H2,16,18). The zero-order valence-electron chi connectivity index (χ0n) is 11.6. The average Bonchev–Trinajstić information content (AvgIpc) is 2.58. The number of nitrogens with two attached hydrogens (primary N) is 1. The van der Waals surface area contributed by atoms with Crippen LogP contribution in [-0.2, 0) is 11.2 Å². The van der Waals surface area contributed by atoms with Crippen molar-refractivity contribution in [1.82, 2.24) is 5.32 Å². The Bertz CT molecular complexity index is 459. The molecule has 1 unspecified atom stereocenters. The molecule has 0 saturated heterocycles. The molecule has 2 rings (SSSR count). The fourth-order valence-electron chi connectivity index (χ4n) is 2.21. The largest absolute Gasteiger partial charge is 0.369 e. The predicted octanol–water partition coefficient (Wildman–Crippen LogP) is 2.12. The molecular formula is C15H22N2OS. The van der Waals surface area contributed by atoms with E-state index in [1.165, 1.54) is 11.1 Å². The molecule has 3 N–H and O–H groups in total. The Kier molecular flexibility index (Phi) is 4.53. The van der Waals surface area contributed by atoms with E-state index in [2.05, 4.69) is 29.6 Å². The van der Waals surface area contributed by atoms with Gasteiger partial charge in [-0.1, -0.05) is 24.3 Å². The fraction of sp³-hybridized carbons (Fsp3) is 0.533. The van der Waals surface area contributed by atoms with E-state index in [0.717, 1.165) is 17.9 Å². The second-order valence-electron chi connectivity index (χ2n) is 5.71. The Hall–Kier alpha value is -1.00. The number of nitrogens with one attached hydrogen (secondary N) is 1. The highest BCUT2D eigenvalue weighted by Gasteiger charge is 2.27. The number of hydrogen-bond donors (Lipinski definition) is 2. The maximum absolute atomic E-state index is 11.4. The Morgan fingerprint density at radius 3 is 2.95 bits per heavy atom. The molecule has 1 aromatic rings. The maximum atomic E-state index is 11.4. The molecule has 1 aliphatic heterocycles. The van der Waals surface area contributed by atoms with E-state index in [1.54, 1.807) is 0 Å². The molecule has 1 amide bonds. The predicted molar refractivity (Wildman–Crippen MR) is 81.2 cm³/mol. The SMILES string of the molecule is CC(C)(CNC1CSCCc2ccccc21)C(N)=O. The highest BCUT2D eigenvalue weighted by atomic mass is 32.2. The van der Waals surface area contributed by atoms with E-state index in [9.17, 15) is 4.79 Å². The van der Waals surface area contributed by atoms with E-state index in [1.807, 2.05) is 25.6 Å². The van der Waals surface area contributed by atoms with E-state index in [4.69, 9.17) is 5.73 Å². The molecule has 0 fully saturated rings. The summed E-state index contributed by atoms with van der Waals surface area (Å²) in [4.78, 5) is 11.4. The number of aryl methyl sites for hydroxylation is 1. The van der Waals surface area contributed by atoms with E-state index >= 15 is 0 Å². The third-order valence-corrected chi connectivity index (χ3v) is 4.75. The van der Waals surface area contributed by atoms with E-state index < -0.39 is 5.41 Å². The summed E-state index contributed by atoms with van der Waals surface area (Å²) in [5.74, 6) is 1.95. The number of benzene rings is 1. The van der Waals surface area contributed by atoms with Gasteiger partial charge >= 0.3 is 0 Å². The topological polar surface area (TPSA) is 55.1 Å². The number of carbonyl (C=O) groups excluding carboxylic acids is 1. The lowest BCUT2D eigenvalue weighted by atomic mass is 9.91. The number of fused-ring (bicyclic) bond motifs is 1. The van der Waals surface area contributed by atoms with Crippen molar-refractivity contribution in [2.45, 2.75) is 26.3 Å². The van der Waals surface area contributed by atoms with Crippen LogP contribution in [0.5, 0.6) is 0 Å². The first-order valence-corrected chi connectivity index (χ1v) is 7.85. The third-order valence-electron chi connectivity index (χ3n) is 3.69. The van der Waals surface area contributed by atoms with Crippen molar-refractivity contribution >= 4 is 17.7 Å². The second-order valence-corrected chi connectivity index (χ2v) is 6.86. The highest BCUT2D eigenvalue weighted by molar-refractivity contribution is 7.99. The van der Waals surface area contributed by atoms with Crippen LogP contribution < -0.4 is 11.1 Å². The molecule has 19 heavy (non-hydrogen) atoms. The zero-order valence-corrected chi connectivity index (χ0v) is 12.4. The number of amides is 1. The van der Waals surface area contributed by atoms with Gasteiger partial charge in [-0.25, -0.2) is 0 Å². The van der Waals surface area contributed by atoms with Crippen LogP contribution in [0.1, 0.15) is 31.0 Å². The molecule has 104 valence electrons. The summed E-state index contributed by atoms with van der Waals surface area (Å²) >= 11 is 1.96.